The molecule has 1 aromatic carbocycles. The molecule has 4 N–H and O–H groups in total. The molecule has 1 aliphatic heterocycles. The van der Waals surface area contributed by atoms with E-state index in [0.29, 0.717) is 35.9 Å². The summed E-state index contributed by atoms with van der Waals surface area (Å²) in [4.78, 5) is 24.9. The van der Waals surface area contributed by atoms with Gasteiger partial charge in [0.25, 0.3) is 5.91 Å². The van der Waals surface area contributed by atoms with Crippen LogP contribution in [-0.2, 0) is 17.8 Å². The molecule has 3 rings (SSSR count). The third-order valence-corrected chi connectivity index (χ3v) is 4.69. The van der Waals surface area contributed by atoms with Gasteiger partial charge in [-0.1, -0.05) is 12.1 Å². The smallest absolute Gasteiger partial charge is 0.324 e. The monoisotopic (exact) mass is 331 g/mol. The molecule has 0 bridgehead atoms. The van der Waals surface area contributed by atoms with Crippen molar-refractivity contribution < 1.29 is 14.3 Å². The summed E-state index contributed by atoms with van der Waals surface area (Å²) in [5.41, 5.74) is 8.50. The first kappa shape index (κ1) is 15.5. The molecule has 0 unspecified atom stereocenters. The third-order valence-electron chi connectivity index (χ3n) is 3.57. The van der Waals surface area contributed by atoms with Crippen molar-refractivity contribution in [2.24, 2.45) is 5.73 Å². The van der Waals surface area contributed by atoms with Gasteiger partial charge in [-0.05, 0) is 36.6 Å². The number of benzene rings is 1. The molecule has 0 saturated heterocycles. The Bertz CT molecular complexity index is 770. The van der Waals surface area contributed by atoms with E-state index in [4.69, 9.17) is 10.5 Å². The fraction of sp³-hybridized carbons (Fsp3) is 0.250. The van der Waals surface area contributed by atoms with Crippen LogP contribution in [0.3, 0.4) is 0 Å². The summed E-state index contributed by atoms with van der Waals surface area (Å²) in [6.45, 7) is 2.95. The number of hydrogen-bond donors (Lipinski definition) is 3. The van der Waals surface area contributed by atoms with E-state index in [1.54, 1.807) is 6.07 Å². The first-order chi connectivity index (χ1) is 11.0. The van der Waals surface area contributed by atoms with E-state index in [2.05, 4.69) is 10.6 Å². The van der Waals surface area contributed by atoms with E-state index >= 15 is 0 Å². The normalized spacial score (nSPS) is 13.3. The summed E-state index contributed by atoms with van der Waals surface area (Å²) >= 11 is 1.33. The fourth-order valence-electron chi connectivity index (χ4n) is 2.57. The summed E-state index contributed by atoms with van der Waals surface area (Å²) in [5, 5.41) is 5.95. The molecule has 23 heavy (non-hydrogen) atoms. The van der Waals surface area contributed by atoms with Gasteiger partial charge in [0.2, 0.25) is 0 Å². The largest absolute Gasteiger partial charge is 0.376 e. The van der Waals surface area contributed by atoms with Gasteiger partial charge in [0.15, 0.2) is 0 Å². The minimum atomic E-state index is -0.532. The van der Waals surface area contributed by atoms with Crippen LogP contribution in [-0.4, -0.2) is 18.5 Å². The Balaban J connectivity index is 1.81. The number of ether oxygens (including phenoxy) is 1. The maximum absolute atomic E-state index is 12.2. The molecular weight excluding hydrogens is 314 g/mol. The number of amides is 3. The van der Waals surface area contributed by atoms with Gasteiger partial charge in [-0.2, -0.15) is 0 Å². The van der Waals surface area contributed by atoms with Crippen LogP contribution >= 0.6 is 11.3 Å². The molecule has 2 aromatic rings. The molecule has 0 spiro atoms. The number of rotatable bonds is 3. The van der Waals surface area contributed by atoms with Crippen molar-refractivity contribution >= 4 is 34.0 Å². The SMILES string of the molecule is Cc1cccc(NC(=O)Nc2sc3c(c2C(N)=O)CCOC3)c1. The number of nitrogens with two attached hydrogens (primary N) is 1. The van der Waals surface area contributed by atoms with Crippen molar-refractivity contribution in [3.63, 3.8) is 0 Å². The second-order valence-corrected chi connectivity index (χ2v) is 6.43. The number of hydrogen-bond acceptors (Lipinski definition) is 4. The topological polar surface area (TPSA) is 93.5 Å². The van der Waals surface area contributed by atoms with Crippen LogP contribution in [0.25, 0.3) is 0 Å². The lowest BCUT2D eigenvalue weighted by Gasteiger charge is -2.12. The maximum Gasteiger partial charge on any atom is 0.324 e. The number of nitrogens with one attached hydrogen (secondary N) is 2. The molecule has 0 saturated carbocycles. The Hall–Kier alpha value is -2.38. The lowest BCUT2D eigenvalue weighted by Crippen LogP contribution is -2.22. The summed E-state index contributed by atoms with van der Waals surface area (Å²) < 4.78 is 5.39. The molecule has 0 radical (unpaired) electrons. The van der Waals surface area contributed by atoms with E-state index in [1.807, 2.05) is 25.1 Å². The molecule has 0 aliphatic carbocycles. The molecule has 0 atom stereocenters. The number of urea groups is 1. The molecule has 120 valence electrons. The minimum absolute atomic E-state index is 0.396. The first-order valence-electron chi connectivity index (χ1n) is 7.21. The van der Waals surface area contributed by atoms with Gasteiger partial charge < -0.3 is 15.8 Å². The number of carbonyl (C=O) groups is 2. The van der Waals surface area contributed by atoms with E-state index in [-0.39, 0.29) is 0 Å². The standard InChI is InChI=1S/C16H17N3O3S/c1-9-3-2-4-10(7-9)18-16(21)19-15-13(14(17)20)11-5-6-22-8-12(11)23-15/h2-4,7H,5-6,8H2,1H3,(H2,17,20)(H2,18,19,21). The first-order valence-corrected chi connectivity index (χ1v) is 8.03. The second-order valence-electron chi connectivity index (χ2n) is 5.32. The summed E-state index contributed by atoms with van der Waals surface area (Å²) in [5.74, 6) is -0.532. The zero-order valence-electron chi connectivity index (χ0n) is 12.6. The lowest BCUT2D eigenvalue weighted by atomic mass is 10.1. The molecule has 7 heteroatoms. The zero-order chi connectivity index (χ0) is 16.4. The summed E-state index contributed by atoms with van der Waals surface area (Å²) in [7, 11) is 0. The van der Waals surface area contributed by atoms with Crippen molar-refractivity contribution in [1.82, 2.24) is 0 Å². The fourth-order valence-corrected chi connectivity index (χ4v) is 3.75. The predicted molar refractivity (Wildman–Crippen MR) is 90.0 cm³/mol. The van der Waals surface area contributed by atoms with Crippen LogP contribution < -0.4 is 16.4 Å². The molecule has 2 heterocycles. The third kappa shape index (κ3) is 3.35. The van der Waals surface area contributed by atoms with Gasteiger partial charge in [0, 0.05) is 10.6 Å². The minimum Gasteiger partial charge on any atom is -0.376 e. The Morgan fingerprint density at radius 1 is 1.30 bits per heavy atom. The lowest BCUT2D eigenvalue weighted by molar-refractivity contribution is 0.0991. The number of primary amides is 1. The van der Waals surface area contributed by atoms with E-state index in [9.17, 15) is 9.59 Å². The summed E-state index contributed by atoms with van der Waals surface area (Å²) in [6.07, 6.45) is 0.630. The number of carbonyl (C=O) groups excluding carboxylic acids is 2. The van der Waals surface area contributed by atoms with Gasteiger partial charge in [0.05, 0.1) is 18.8 Å². The molecule has 6 nitrogen and oxygen atoms in total. The van der Waals surface area contributed by atoms with Crippen LogP contribution in [0.4, 0.5) is 15.5 Å². The van der Waals surface area contributed by atoms with Gasteiger partial charge in [-0.25, -0.2) is 4.79 Å². The van der Waals surface area contributed by atoms with Crippen molar-refractivity contribution in [3.8, 4) is 0 Å². The highest BCUT2D eigenvalue weighted by molar-refractivity contribution is 7.17. The van der Waals surface area contributed by atoms with E-state index < -0.39 is 11.9 Å². The molecule has 3 amide bonds. The van der Waals surface area contributed by atoms with Crippen LogP contribution in [0.5, 0.6) is 0 Å². The van der Waals surface area contributed by atoms with Crippen molar-refractivity contribution in [3.05, 3.63) is 45.8 Å². The average Bonchev–Trinajstić information content (AvgIpc) is 2.84. The molecular formula is C16H17N3O3S. The van der Waals surface area contributed by atoms with Gasteiger partial charge in [-0.15, -0.1) is 11.3 Å². The Kier molecular flexibility index (Phi) is 4.31. The van der Waals surface area contributed by atoms with Crippen LogP contribution in [0.1, 0.15) is 26.4 Å². The van der Waals surface area contributed by atoms with Gasteiger partial charge in [0.1, 0.15) is 5.00 Å². The number of anilines is 2. The van der Waals surface area contributed by atoms with Crippen LogP contribution in [0, 0.1) is 6.92 Å². The van der Waals surface area contributed by atoms with E-state index in [1.165, 1.54) is 11.3 Å². The van der Waals surface area contributed by atoms with Crippen molar-refractivity contribution in [2.45, 2.75) is 20.0 Å². The Labute approximate surface area is 137 Å². The maximum atomic E-state index is 12.2. The quantitative estimate of drug-likeness (QED) is 0.807. The average molecular weight is 331 g/mol. The Morgan fingerprint density at radius 2 is 2.13 bits per heavy atom. The highest BCUT2D eigenvalue weighted by atomic mass is 32.1. The molecule has 1 aliphatic rings. The highest BCUT2D eigenvalue weighted by Crippen LogP contribution is 2.36. The highest BCUT2D eigenvalue weighted by Gasteiger charge is 2.25. The zero-order valence-corrected chi connectivity index (χ0v) is 13.5. The Morgan fingerprint density at radius 3 is 2.87 bits per heavy atom. The van der Waals surface area contributed by atoms with Crippen LogP contribution in [0.15, 0.2) is 24.3 Å². The van der Waals surface area contributed by atoms with Crippen molar-refractivity contribution in [1.29, 1.82) is 0 Å². The second kappa shape index (κ2) is 6.39. The molecule has 1 aromatic heterocycles. The van der Waals surface area contributed by atoms with Gasteiger partial charge in [-0.3, -0.25) is 10.1 Å². The van der Waals surface area contributed by atoms with E-state index in [0.717, 1.165) is 16.0 Å². The van der Waals surface area contributed by atoms with Crippen LogP contribution in [0.2, 0.25) is 0 Å². The number of aryl methyl sites for hydroxylation is 1. The van der Waals surface area contributed by atoms with Crippen molar-refractivity contribution in [2.75, 3.05) is 17.2 Å². The number of fused-ring (bicyclic) bond motifs is 1. The van der Waals surface area contributed by atoms with Gasteiger partial charge >= 0.3 is 6.03 Å². The predicted octanol–water partition coefficient (Wildman–Crippen LogP) is 2.87. The number of thiophene rings is 1. The molecule has 0 fully saturated rings. The summed E-state index contributed by atoms with van der Waals surface area (Å²) in [6, 6.07) is 7.07.